The molecule has 3 aromatic heterocycles. The molecule has 0 amide bonds. The molecule has 11 heteroatoms. The number of fused-ring (bicyclic) bond motifs is 3. The second-order valence-corrected chi connectivity index (χ2v) is 11.4. The van der Waals surface area contributed by atoms with Gasteiger partial charge in [0, 0.05) is 68.5 Å². The molecule has 9 nitrogen and oxygen atoms in total. The second kappa shape index (κ2) is 13.4. The Morgan fingerprint density at radius 1 is 1.15 bits per heavy atom. The molecular weight excluding hydrogens is 541 g/mol. The zero-order valence-electron chi connectivity index (χ0n) is 23.6. The van der Waals surface area contributed by atoms with E-state index in [1.165, 1.54) is 24.3 Å². The van der Waals surface area contributed by atoms with Crippen LogP contribution in [0.15, 0.2) is 60.6 Å². The van der Waals surface area contributed by atoms with Crippen LogP contribution < -0.4 is 16.5 Å². The van der Waals surface area contributed by atoms with Gasteiger partial charge in [0.15, 0.2) is 0 Å². The number of methoxy groups -OCH3 is 1. The van der Waals surface area contributed by atoms with Crippen molar-refractivity contribution in [2.24, 2.45) is 17.5 Å². The summed E-state index contributed by atoms with van der Waals surface area (Å²) in [6.45, 7) is 4.55. The Labute approximate surface area is 244 Å². The number of nitrogens with two attached hydrogens (primary N) is 2. The molecule has 2 saturated heterocycles. The maximum absolute atomic E-state index is 11.9. The predicted octanol–water partition coefficient (Wildman–Crippen LogP) is 4.43. The van der Waals surface area contributed by atoms with E-state index in [1.807, 2.05) is 11.8 Å². The van der Waals surface area contributed by atoms with E-state index in [0.717, 1.165) is 90.6 Å². The van der Waals surface area contributed by atoms with E-state index in [0.29, 0.717) is 11.6 Å². The number of ether oxygens (including phenoxy) is 2. The van der Waals surface area contributed by atoms with Gasteiger partial charge in [0.25, 0.3) is 0 Å². The maximum atomic E-state index is 11.9. The summed E-state index contributed by atoms with van der Waals surface area (Å²) in [7, 11) is 3.28. The van der Waals surface area contributed by atoms with Crippen LogP contribution in [0.3, 0.4) is 0 Å². The molecule has 0 aliphatic carbocycles. The Balaban J connectivity index is 0.000000423. The summed E-state index contributed by atoms with van der Waals surface area (Å²) in [4.78, 5) is 12.4. The number of pyridine rings is 2. The zero-order chi connectivity index (χ0) is 28.8. The Hall–Kier alpha value is -3.54. The van der Waals surface area contributed by atoms with Crippen molar-refractivity contribution in [3.05, 3.63) is 72.0 Å². The highest BCUT2D eigenvalue weighted by Crippen LogP contribution is 2.33. The Morgan fingerprint density at radius 3 is 2.51 bits per heavy atom. The molecule has 41 heavy (non-hydrogen) atoms. The van der Waals surface area contributed by atoms with E-state index >= 15 is 0 Å². The fourth-order valence-corrected chi connectivity index (χ4v) is 6.21. The quantitative estimate of drug-likeness (QED) is 0.195. The summed E-state index contributed by atoms with van der Waals surface area (Å²) in [5, 5.41) is 2.54. The summed E-state index contributed by atoms with van der Waals surface area (Å²) in [6, 6.07) is 14.3. The van der Waals surface area contributed by atoms with Crippen molar-refractivity contribution in [1.29, 1.82) is 0 Å². The minimum atomic E-state index is -0.178. The van der Waals surface area contributed by atoms with Crippen molar-refractivity contribution in [2.45, 2.75) is 19.4 Å². The molecule has 0 spiro atoms. The third-order valence-electron chi connectivity index (χ3n) is 7.46. The number of anilines is 1. The molecule has 0 saturated carbocycles. The molecule has 0 bridgehead atoms. The summed E-state index contributed by atoms with van der Waals surface area (Å²) in [6.07, 6.45) is 3.90. The number of aromatic nitrogens is 3. The van der Waals surface area contributed by atoms with Gasteiger partial charge in [-0.2, -0.15) is 11.8 Å². The van der Waals surface area contributed by atoms with E-state index in [-0.39, 0.29) is 11.7 Å². The average Bonchev–Trinajstić information content (AvgIpc) is 3.30. The molecule has 2 fully saturated rings. The first-order valence-corrected chi connectivity index (χ1v) is 15.0. The number of hydrazine groups is 1. The fraction of sp³-hybridized carbons (Fsp3) is 0.400. The molecule has 2 aliphatic rings. The third-order valence-corrected chi connectivity index (χ3v) is 8.40. The molecule has 5 heterocycles. The van der Waals surface area contributed by atoms with Crippen LogP contribution in [0.1, 0.15) is 18.4 Å². The normalized spacial score (nSPS) is 16.7. The average molecular weight is 580 g/mol. The van der Waals surface area contributed by atoms with Gasteiger partial charge >= 0.3 is 0 Å². The van der Waals surface area contributed by atoms with Crippen LogP contribution in [0.25, 0.3) is 27.8 Å². The first-order chi connectivity index (χ1) is 20.0. The molecule has 1 aromatic carbocycles. The second-order valence-electron chi connectivity index (χ2n) is 10.2. The first-order valence-electron chi connectivity index (χ1n) is 13.9. The number of rotatable bonds is 6. The molecule has 218 valence electrons. The highest BCUT2D eigenvalue weighted by Gasteiger charge is 2.22. The van der Waals surface area contributed by atoms with Gasteiger partial charge in [0.05, 0.1) is 18.1 Å². The fourth-order valence-electron chi connectivity index (χ4n) is 5.31. The smallest absolute Gasteiger partial charge is 0.210 e. The van der Waals surface area contributed by atoms with Crippen LogP contribution in [0.5, 0.6) is 0 Å². The van der Waals surface area contributed by atoms with Gasteiger partial charge in [-0.1, -0.05) is 18.2 Å². The van der Waals surface area contributed by atoms with Crippen molar-refractivity contribution in [2.75, 3.05) is 56.9 Å². The summed E-state index contributed by atoms with van der Waals surface area (Å²) in [5.74, 6) is 10.0. The molecule has 0 radical (unpaired) electrons. The van der Waals surface area contributed by atoms with Crippen molar-refractivity contribution in [1.82, 2.24) is 19.5 Å². The van der Waals surface area contributed by atoms with Crippen LogP contribution in [0.4, 0.5) is 10.2 Å². The van der Waals surface area contributed by atoms with Crippen LogP contribution in [0.2, 0.25) is 0 Å². The summed E-state index contributed by atoms with van der Waals surface area (Å²) >= 11 is 2.00. The number of thioether (sulfide) groups is 1. The van der Waals surface area contributed by atoms with Crippen LogP contribution in [-0.2, 0) is 16.0 Å². The predicted molar refractivity (Wildman–Crippen MR) is 165 cm³/mol. The van der Waals surface area contributed by atoms with Gasteiger partial charge < -0.3 is 29.7 Å². The van der Waals surface area contributed by atoms with E-state index in [9.17, 15) is 4.39 Å². The third kappa shape index (κ3) is 6.69. The Morgan fingerprint density at radius 2 is 1.88 bits per heavy atom. The van der Waals surface area contributed by atoms with Gasteiger partial charge in [0.1, 0.15) is 23.0 Å². The lowest BCUT2D eigenvalue weighted by Crippen LogP contribution is -2.33. The lowest BCUT2D eigenvalue weighted by Gasteiger charge is -2.27. The molecule has 2 aliphatic heterocycles. The number of hydrogen-bond donors (Lipinski definition) is 2. The topological polar surface area (TPSA) is 108 Å². The zero-order valence-corrected chi connectivity index (χ0v) is 24.4. The molecule has 0 atom stereocenters. The standard InChI is InChI=1S/C24H33N7O2S.C6H5F/c1-29(26)22(23(25)32-2)17-13-19-21(27-14-17)18-3-4-20(30-7-11-34-12-8-30)28-24(18)31(19)15-16-5-9-33-10-6-16;7-6-4-2-1-3-5-6/h3-4,13-14,16H,5-12,15,25-26H2,1-2H3;1-5H/b23-22+;. The first kappa shape index (κ1) is 29.0. The van der Waals surface area contributed by atoms with Crippen molar-refractivity contribution in [3.8, 4) is 0 Å². The Bertz CT molecular complexity index is 1480. The van der Waals surface area contributed by atoms with Crippen molar-refractivity contribution in [3.63, 3.8) is 0 Å². The number of hydrogen-bond acceptors (Lipinski definition) is 9. The summed E-state index contributed by atoms with van der Waals surface area (Å²) in [5.41, 5.74) is 10.5. The molecular formula is C30H38FN7O2S. The van der Waals surface area contributed by atoms with Gasteiger partial charge in [-0.05, 0) is 49.1 Å². The highest BCUT2D eigenvalue weighted by molar-refractivity contribution is 7.99. The van der Waals surface area contributed by atoms with E-state index in [1.54, 1.807) is 31.4 Å². The van der Waals surface area contributed by atoms with Crippen molar-refractivity contribution >= 4 is 45.3 Å². The minimum absolute atomic E-state index is 0.178. The number of nitrogens with zero attached hydrogens (tertiary/aromatic N) is 5. The molecule has 0 unspecified atom stereocenters. The van der Waals surface area contributed by atoms with Crippen LogP contribution >= 0.6 is 11.8 Å². The maximum Gasteiger partial charge on any atom is 0.210 e. The minimum Gasteiger partial charge on any atom is -0.481 e. The van der Waals surface area contributed by atoms with E-state index in [4.69, 9.17) is 31.0 Å². The van der Waals surface area contributed by atoms with Crippen LogP contribution in [-0.4, -0.2) is 71.5 Å². The van der Waals surface area contributed by atoms with E-state index < -0.39 is 0 Å². The van der Waals surface area contributed by atoms with Gasteiger partial charge in [-0.25, -0.2) is 15.2 Å². The summed E-state index contributed by atoms with van der Waals surface area (Å²) < 4.78 is 25.1. The Kier molecular flexibility index (Phi) is 9.48. The lowest BCUT2D eigenvalue weighted by molar-refractivity contribution is 0.0619. The van der Waals surface area contributed by atoms with Gasteiger partial charge in [0.2, 0.25) is 5.88 Å². The number of benzene rings is 1. The lowest BCUT2D eigenvalue weighted by atomic mass is 10.0. The molecule has 4 aromatic rings. The largest absolute Gasteiger partial charge is 0.481 e. The van der Waals surface area contributed by atoms with Crippen LogP contribution in [0, 0.1) is 11.7 Å². The monoisotopic (exact) mass is 579 g/mol. The van der Waals surface area contributed by atoms with Gasteiger partial charge in [-0.15, -0.1) is 0 Å². The highest BCUT2D eigenvalue weighted by atomic mass is 32.2. The van der Waals surface area contributed by atoms with Gasteiger partial charge in [-0.3, -0.25) is 4.98 Å². The number of halogens is 1. The van der Waals surface area contributed by atoms with E-state index in [2.05, 4.69) is 27.7 Å². The SMILES string of the molecule is CO/C(N)=C(\c1cnc2c3ccc(N4CCSCC4)nc3n(CC3CCOCC3)c2c1)N(C)N.Fc1ccccc1. The molecule has 4 N–H and O–H groups in total. The van der Waals surface area contributed by atoms with Crippen molar-refractivity contribution < 1.29 is 13.9 Å². The molecule has 6 rings (SSSR count).